The molecule has 1 aromatic rings. The van der Waals surface area contributed by atoms with E-state index in [2.05, 4.69) is 40.1 Å². The van der Waals surface area contributed by atoms with Gasteiger partial charge in [0.05, 0.1) is 0 Å². The lowest BCUT2D eigenvalue weighted by Crippen LogP contribution is -2.25. The maximum atomic E-state index is 4.63. The molecule has 1 unspecified atom stereocenters. The van der Waals surface area contributed by atoms with Crippen LogP contribution in [0.2, 0.25) is 0 Å². The normalized spacial score (nSPS) is 19.8. The lowest BCUT2D eigenvalue weighted by Gasteiger charge is -2.22. The van der Waals surface area contributed by atoms with Crippen LogP contribution in [-0.4, -0.2) is 29.6 Å². The number of nitrogens with zero attached hydrogens (tertiary/aromatic N) is 3. The van der Waals surface area contributed by atoms with Crippen LogP contribution in [0.4, 0.5) is 11.6 Å². The van der Waals surface area contributed by atoms with E-state index in [0.29, 0.717) is 0 Å². The minimum atomic E-state index is 0.859. The van der Waals surface area contributed by atoms with Gasteiger partial charge in [0.2, 0.25) is 0 Å². The molecule has 1 saturated heterocycles. The van der Waals surface area contributed by atoms with Gasteiger partial charge in [-0.25, -0.2) is 9.97 Å². The summed E-state index contributed by atoms with van der Waals surface area (Å²) >= 11 is 0. The second-order valence-corrected chi connectivity index (χ2v) is 5.78. The summed E-state index contributed by atoms with van der Waals surface area (Å²) < 4.78 is 0. The first-order valence-corrected chi connectivity index (χ1v) is 8.07. The van der Waals surface area contributed by atoms with E-state index >= 15 is 0 Å². The second-order valence-electron chi connectivity index (χ2n) is 5.78. The molecule has 2 rings (SSSR count). The quantitative estimate of drug-likeness (QED) is 0.891. The number of nitrogens with one attached hydrogen (secondary N) is 1. The summed E-state index contributed by atoms with van der Waals surface area (Å²) in [6, 6.07) is 2.11. The Bertz CT molecular complexity index is 419. The third-order valence-corrected chi connectivity index (χ3v) is 4.13. The van der Waals surface area contributed by atoms with E-state index in [0.717, 1.165) is 49.4 Å². The van der Waals surface area contributed by atoms with Crippen LogP contribution >= 0.6 is 0 Å². The Morgan fingerprint density at radius 1 is 1.25 bits per heavy atom. The Balaban J connectivity index is 2.08. The molecule has 1 fully saturated rings. The third kappa shape index (κ3) is 4.09. The van der Waals surface area contributed by atoms with Crippen LogP contribution in [0.5, 0.6) is 0 Å². The fourth-order valence-corrected chi connectivity index (χ4v) is 2.86. The Morgan fingerprint density at radius 3 is 2.85 bits per heavy atom. The summed E-state index contributed by atoms with van der Waals surface area (Å²) in [5.74, 6) is 3.80. The van der Waals surface area contributed by atoms with Gasteiger partial charge >= 0.3 is 0 Å². The average molecular weight is 276 g/mol. The molecule has 0 spiro atoms. The van der Waals surface area contributed by atoms with Gasteiger partial charge in [-0.1, -0.05) is 20.3 Å². The molecule has 0 amide bonds. The first-order valence-electron chi connectivity index (χ1n) is 8.07. The van der Waals surface area contributed by atoms with Crippen molar-refractivity contribution in [2.45, 2.75) is 52.9 Å². The molecule has 4 heteroatoms. The lowest BCUT2D eigenvalue weighted by molar-refractivity contribution is 0.459. The van der Waals surface area contributed by atoms with Gasteiger partial charge in [0.1, 0.15) is 17.5 Å². The van der Waals surface area contributed by atoms with Gasteiger partial charge in [-0.2, -0.15) is 0 Å². The van der Waals surface area contributed by atoms with Crippen LogP contribution in [0.1, 0.15) is 51.8 Å². The van der Waals surface area contributed by atoms with Gasteiger partial charge in [0.25, 0.3) is 0 Å². The van der Waals surface area contributed by atoms with Gasteiger partial charge in [0.15, 0.2) is 0 Å². The number of aryl methyl sites for hydroxylation is 1. The van der Waals surface area contributed by atoms with Crippen LogP contribution in [0, 0.1) is 12.8 Å². The van der Waals surface area contributed by atoms with Crippen molar-refractivity contribution in [3.63, 3.8) is 0 Å². The SMILES string of the molecule is CCCNc1cc(N2CCCC(CC)CC2)nc(C)n1. The molecular weight excluding hydrogens is 248 g/mol. The van der Waals surface area contributed by atoms with E-state index < -0.39 is 0 Å². The van der Waals surface area contributed by atoms with Crippen molar-refractivity contribution in [1.82, 2.24) is 9.97 Å². The summed E-state index contributed by atoms with van der Waals surface area (Å²) in [5, 5.41) is 3.37. The van der Waals surface area contributed by atoms with Crippen LogP contribution in [-0.2, 0) is 0 Å². The fraction of sp³-hybridized carbons (Fsp3) is 0.750. The van der Waals surface area contributed by atoms with Crippen molar-refractivity contribution in [2.24, 2.45) is 5.92 Å². The first kappa shape index (κ1) is 15.1. The molecule has 1 aromatic heterocycles. The largest absolute Gasteiger partial charge is 0.370 e. The van der Waals surface area contributed by atoms with Gasteiger partial charge in [-0.3, -0.25) is 0 Å². The zero-order valence-corrected chi connectivity index (χ0v) is 13.2. The van der Waals surface area contributed by atoms with Crippen LogP contribution in [0.3, 0.4) is 0 Å². The van der Waals surface area contributed by atoms with Crippen LogP contribution in [0.15, 0.2) is 6.07 Å². The molecule has 0 saturated carbocycles. The molecule has 1 aliphatic heterocycles. The van der Waals surface area contributed by atoms with Crippen molar-refractivity contribution in [2.75, 3.05) is 29.9 Å². The Labute approximate surface area is 123 Å². The third-order valence-electron chi connectivity index (χ3n) is 4.13. The number of hydrogen-bond donors (Lipinski definition) is 1. The Morgan fingerprint density at radius 2 is 2.10 bits per heavy atom. The lowest BCUT2D eigenvalue weighted by atomic mass is 9.98. The zero-order valence-electron chi connectivity index (χ0n) is 13.2. The number of hydrogen-bond acceptors (Lipinski definition) is 4. The average Bonchev–Trinajstić information content (AvgIpc) is 2.70. The predicted octanol–water partition coefficient (Wildman–Crippen LogP) is 3.62. The maximum absolute atomic E-state index is 4.63. The van der Waals surface area contributed by atoms with Crippen LogP contribution < -0.4 is 10.2 Å². The molecule has 1 N–H and O–H groups in total. The maximum Gasteiger partial charge on any atom is 0.134 e. The van der Waals surface area contributed by atoms with E-state index in [1.807, 2.05) is 6.92 Å². The molecule has 112 valence electrons. The van der Waals surface area contributed by atoms with Gasteiger partial charge < -0.3 is 10.2 Å². The molecule has 2 heterocycles. The van der Waals surface area contributed by atoms with Crippen molar-refractivity contribution in [3.05, 3.63) is 11.9 Å². The highest BCUT2D eigenvalue weighted by molar-refractivity contribution is 5.49. The van der Waals surface area contributed by atoms with E-state index in [-0.39, 0.29) is 0 Å². The molecule has 1 aliphatic rings. The van der Waals surface area contributed by atoms with E-state index in [1.54, 1.807) is 0 Å². The Hall–Kier alpha value is -1.32. The van der Waals surface area contributed by atoms with Crippen molar-refractivity contribution >= 4 is 11.6 Å². The second kappa shape index (κ2) is 7.46. The summed E-state index contributed by atoms with van der Waals surface area (Å²) in [5.41, 5.74) is 0. The highest BCUT2D eigenvalue weighted by Gasteiger charge is 2.17. The van der Waals surface area contributed by atoms with Gasteiger partial charge in [-0.15, -0.1) is 0 Å². The molecular formula is C16H28N4. The summed E-state index contributed by atoms with van der Waals surface area (Å²) in [6.45, 7) is 9.67. The standard InChI is InChI=1S/C16H28N4/c1-4-9-17-15-12-16(19-13(3)18-15)20-10-6-7-14(5-2)8-11-20/h12,14H,4-11H2,1-3H3,(H,17,18,19). The minimum absolute atomic E-state index is 0.859. The number of rotatable bonds is 5. The molecule has 0 radical (unpaired) electrons. The van der Waals surface area contributed by atoms with Gasteiger partial charge in [0, 0.05) is 25.7 Å². The molecule has 1 atom stereocenters. The highest BCUT2D eigenvalue weighted by Crippen LogP contribution is 2.24. The number of aromatic nitrogens is 2. The first-order chi connectivity index (χ1) is 9.72. The highest BCUT2D eigenvalue weighted by atomic mass is 15.2. The summed E-state index contributed by atoms with van der Waals surface area (Å²) in [6.07, 6.45) is 6.34. The minimum Gasteiger partial charge on any atom is -0.370 e. The molecule has 4 nitrogen and oxygen atoms in total. The van der Waals surface area contributed by atoms with E-state index in [9.17, 15) is 0 Å². The fourth-order valence-electron chi connectivity index (χ4n) is 2.86. The van der Waals surface area contributed by atoms with Crippen molar-refractivity contribution < 1.29 is 0 Å². The monoisotopic (exact) mass is 276 g/mol. The molecule has 0 aliphatic carbocycles. The summed E-state index contributed by atoms with van der Waals surface area (Å²) in [4.78, 5) is 11.5. The zero-order chi connectivity index (χ0) is 14.4. The van der Waals surface area contributed by atoms with Gasteiger partial charge in [-0.05, 0) is 38.5 Å². The predicted molar refractivity (Wildman–Crippen MR) is 85.4 cm³/mol. The smallest absolute Gasteiger partial charge is 0.134 e. The number of anilines is 2. The van der Waals surface area contributed by atoms with E-state index in [4.69, 9.17) is 0 Å². The van der Waals surface area contributed by atoms with Crippen molar-refractivity contribution in [1.29, 1.82) is 0 Å². The topological polar surface area (TPSA) is 41.0 Å². The Kier molecular flexibility index (Phi) is 5.62. The molecule has 20 heavy (non-hydrogen) atoms. The van der Waals surface area contributed by atoms with E-state index in [1.165, 1.54) is 25.7 Å². The summed E-state index contributed by atoms with van der Waals surface area (Å²) in [7, 11) is 0. The van der Waals surface area contributed by atoms with Crippen molar-refractivity contribution in [3.8, 4) is 0 Å². The molecule has 0 aromatic carbocycles. The van der Waals surface area contributed by atoms with Crippen LogP contribution in [0.25, 0.3) is 0 Å². The molecule has 0 bridgehead atoms.